The SMILES string of the molecule is C=C/C=C(\C=C)N(c1ccc([Si](C)(C)C)cc1)c1ccc(-c2ccc(O)c3c(-c4ccccc4)cccc23)c(O)c1. The van der Waals surface area contributed by atoms with E-state index in [2.05, 4.69) is 62.0 Å². The van der Waals surface area contributed by atoms with Crippen LogP contribution >= 0.6 is 0 Å². The first-order valence-corrected chi connectivity index (χ1v) is 17.2. The van der Waals surface area contributed by atoms with Crippen molar-refractivity contribution in [1.82, 2.24) is 0 Å². The Labute approximate surface area is 243 Å². The third-order valence-electron chi connectivity index (χ3n) is 7.38. The number of allylic oxidation sites excluding steroid dienone is 3. The summed E-state index contributed by atoms with van der Waals surface area (Å²) in [5.74, 6) is 0.350. The van der Waals surface area contributed by atoms with Crippen LogP contribution in [0.1, 0.15) is 0 Å². The summed E-state index contributed by atoms with van der Waals surface area (Å²) in [7, 11) is -1.45. The Hall–Kier alpha value is -4.80. The second-order valence-corrected chi connectivity index (χ2v) is 16.2. The molecular formula is C37H35NO2Si. The average molecular weight is 554 g/mol. The molecule has 41 heavy (non-hydrogen) atoms. The van der Waals surface area contributed by atoms with Gasteiger partial charge in [0.2, 0.25) is 0 Å². The standard InChI is InChI=1S/C37H35NO2Si/c1-6-12-27(7-2)38(28-17-20-30(21-18-28)41(3,4)5)29-19-22-33(36(40)25-29)32-23-24-35(39)37-31(15-11-16-34(32)37)26-13-9-8-10-14-26/h6-25,39-40H,1-2H2,3-5H3/b27-12+. The predicted octanol–water partition coefficient (Wildman–Crippen LogP) is 9.52. The van der Waals surface area contributed by atoms with Gasteiger partial charge in [-0.15, -0.1) is 0 Å². The van der Waals surface area contributed by atoms with Gasteiger partial charge in [-0.25, -0.2) is 0 Å². The third kappa shape index (κ3) is 5.47. The Kier molecular flexibility index (Phi) is 7.69. The minimum absolute atomic E-state index is 0.144. The van der Waals surface area contributed by atoms with Crippen molar-refractivity contribution in [1.29, 1.82) is 0 Å². The molecule has 5 rings (SSSR count). The van der Waals surface area contributed by atoms with E-state index < -0.39 is 8.07 Å². The Morgan fingerprint density at radius 3 is 2.00 bits per heavy atom. The lowest BCUT2D eigenvalue weighted by molar-refractivity contribution is 0.477. The lowest BCUT2D eigenvalue weighted by Gasteiger charge is -2.27. The normalized spacial score (nSPS) is 11.8. The van der Waals surface area contributed by atoms with Gasteiger partial charge in [-0.1, -0.05) is 105 Å². The fourth-order valence-corrected chi connectivity index (χ4v) is 6.45. The van der Waals surface area contributed by atoms with E-state index in [-0.39, 0.29) is 11.5 Å². The summed E-state index contributed by atoms with van der Waals surface area (Å²) in [6.45, 7) is 14.9. The van der Waals surface area contributed by atoms with E-state index in [4.69, 9.17) is 0 Å². The fraction of sp³-hybridized carbons (Fsp3) is 0.0811. The molecule has 0 atom stereocenters. The molecule has 0 fully saturated rings. The maximum absolute atomic E-state index is 11.4. The number of hydrogen-bond acceptors (Lipinski definition) is 3. The molecule has 0 aliphatic carbocycles. The molecule has 0 bridgehead atoms. The monoisotopic (exact) mass is 553 g/mol. The summed E-state index contributed by atoms with van der Waals surface area (Å²) in [5.41, 5.74) is 6.10. The van der Waals surface area contributed by atoms with Crippen LogP contribution in [-0.2, 0) is 0 Å². The highest BCUT2D eigenvalue weighted by atomic mass is 28.3. The van der Waals surface area contributed by atoms with Crippen molar-refractivity contribution < 1.29 is 10.2 Å². The van der Waals surface area contributed by atoms with Gasteiger partial charge in [0.05, 0.1) is 8.07 Å². The van der Waals surface area contributed by atoms with Crippen molar-refractivity contribution in [2.75, 3.05) is 4.90 Å². The second kappa shape index (κ2) is 11.4. The number of hydrogen-bond donors (Lipinski definition) is 2. The summed E-state index contributed by atoms with van der Waals surface area (Å²) >= 11 is 0. The Balaban J connectivity index is 1.64. The van der Waals surface area contributed by atoms with Crippen molar-refractivity contribution in [3.8, 4) is 33.8 Å². The van der Waals surface area contributed by atoms with Crippen LogP contribution in [0, 0.1) is 0 Å². The third-order valence-corrected chi connectivity index (χ3v) is 9.45. The number of rotatable bonds is 8. The van der Waals surface area contributed by atoms with E-state index in [1.807, 2.05) is 72.8 Å². The Bertz CT molecular complexity index is 1760. The smallest absolute Gasteiger partial charge is 0.125 e. The molecule has 5 aromatic carbocycles. The lowest BCUT2D eigenvalue weighted by Crippen LogP contribution is -2.37. The van der Waals surface area contributed by atoms with E-state index >= 15 is 0 Å². The van der Waals surface area contributed by atoms with E-state index in [0.29, 0.717) is 5.56 Å². The van der Waals surface area contributed by atoms with Crippen LogP contribution in [0.25, 0.3) is 33.0 Å². The molecule has 0 amide bonds. The quantitative estimate of drug-likeness (QED) is 0.149. The van der Waals surface area contributed by atoms with Crippen LogP contribution in [0.15, 0.2) is 140 Å². The van der Waals surface area contributed by atoms with Crippen LogP contribution in [-0.4, -0.2) is 18.3 Å². The average Bonchev–Trinajstić information content (AvgIpc) is 2.97. The molecule has 0 radical (unpaired) electrons. The van der Waals surface area contributed by atoms with Crippen molar-refractivity contribution in [2.45, 2.75) is 19.6 Å². The van der Waals surface area contributed by atoms with Gasteiger partial charge >= 0.3 is 0 Å². The molecule has 4 heteroatoms. The first-order valence-electron chi connectivity index (χ1n) is 13.7. The summed E-state index contributed by atoms with van der Waals surface area (Å²) in [5, 5.41) is 25.4. The van der Waals surface area contributed by atoms with Gasteiger partial charge in [-0.2, -0.15) is 0 Å². The molecule has 204 valence electrons. The minimum atomic E-state index is -1.45. The zero-order valence-electron chi connectivity index (χ0n) is 23.8. The van der Waals surface area contributed by atoms with E-state index in [1.54, 1.807) is 24.3 Å². The van der Waals surface area contributed by atoms with E-state index in [1.165, 1.54) is 5.19 Å². The molecule has 0 saturated heterocycles. The van der Waals surface area contributed by atoms with Crippen molar-refractivity contribution in [2.24, 2.45) is 0 Å². The second-order valence-electron chi connectivity index (χ2n) is 11.1. The van der Waals surface area contributed by atoms with E-state index in [9.17, 15) is 10.2 Å². The molecule has 0 aliphatic heterocycles. The number of anilines is 2. The van der Waals surface area contributed by atoms with Crippen molar-refractivity contribution >= 4 is 35.4 Å². The van der Waals surface area contributed by atoms with Gasteiger partial charge in [0, 0.05) is 34.1 Å². The molecule has 2 N–H and O–H groups in total. The lowest BCUT2D eigenvalue weighted by atomic mass is 9.92. The zero-order chi connectivity index (χ0) is 29.1. The van der Waals surface area contributed by atoms with Crippen LogP contribution in [0.5, 0.6) is 11.5 Å². The minimum Gasteiger partial charge on any atom is -0.507 e. The Morgan fingerprint density at radius 1 is 0.683 bits per heavy atom. The van der Waals surface area contributed by atoms with Gasteiger partial charge in [0.1, 0.15) is 11.5 Å². The van der Waals surface area contributed by atoms with Crippen LogP contribution in [0.2, 0.25) is 19.6 Å². The largest absolute Gasteiger partial charge is 0.507 e. The van der Waals surface area contributed by atoms with Gasteiger partial charge in [-0.3, -0.25) is 0 Å². The number of aromatic hydroxyl groups is 2. The highest BCUT2D eigenvalue weighted by molar-refractivity contribution is 6.88. The van der Waals surface area contributed by atoms with Gasteiger partial charge in [0.15, 0.2) is 0 Å². The van der Waals surface area contributed by atoms with Crippen LogP contribution < -0.4 is 10.1 Å². The molecule has 0 heterocycles. The molecule has 0 aliphatic rings. The van der Waals surface area contributed by atoms with E-state index in [0.717, 1.165) is 44.5 Å². The maximum atomic E-state index is 11.4. The van der Waals surface area contributed by atoms with Crippen molar-refractivity contribution in [3.63, 3.8) is 0 Å². The topological polar surface area (TPSA) is 43.7 Å². The number of nitrogens with zero attached hydrogens (tertiary/aromatic N) is 1. The number of phenols is 2. The molecule has 0 unspecified atom stereocenters. The fourth-order valence-electron chi connectivity index (χ4n) is 5.28. The number of benzene rings is 5. The zero-order valence-corrected chi connectivity index (χ0v) is 24.8. The molecule has 0 spiro atoms. The van der Waals surface area contributed by atoms with Gasteiger partial charge in [-0.05, 0) is 70.6 Å². The molecule has 0 saturated carbocycles. The Morgan fingerprint density at radius 2 is 1.37 bits per heavy atom. The highest BCUT2D eigenvalue weighted by Gasteiger charge is 2.20. The molecule has 0 aromatic heterocycles. The summed E-state index contributed by atoms with van der Waals surface area (Å²) in [6, 6.07) is 33.9. The van der Waals surface area contributed by atoms with Crippen LogP contribution in [0.4, 0.5) is 11.4 Å². The molecule has 5 aromatic rings. The highest BCUT2D eigenvalue weighted by Crippen LogP contribution is 2.43. The van der Waals surface area contributed by atoms with Gasteiger partial charge < -0.3 is 15.1 Å². The first-order chi connectivity index (χ1) is 19.7. The van der Waals surface area contributed by atoms with Crippen LogP contribution in [0.3, 0.4) is 0 Å². The summed E-state index contributed by atoms with van der Waals surface area (Å²) in [6.07, 6.45) is 5.43. The predicted molar refractivity (Wildman–Crippen MR) is 178 cm³/mol. The first kappa shape index (κ1) is 27.8. The number of fused-ring (bicyclic) bond motifs is 1. The summed E-state index contributed by atoms with van der Waals surface area (Å²) in [4.78, 5) is 2.06. The number of phenolic OH excluding ortho intramolecular Hbond substituents is 2. The van der Waals surface area contributed by atoms with Crippen molar-refractivity contribution in [3.05, 3.63) is 140 Å². The molecular weight excluding hydrogens is 518 g/mol. The maximum Gasteiger partial charge on any atom is 0.125 e. The molecule has 3 nitrogen and oxygen atoms in total. The van der Waals surface area contributed by atoms with Gasteiger partial charge in [0.25, 0.3) is 0 Å². The summed E-state index contributed by atoms with van der Waals surface area (Å²) < 4.78 is 0.